The Kier molecular flexibility index (Phi) is 5.06. The molecule has 144 valence electrons. The zero-order valence-corrected chi connectivity index (χ0v) is 16.1. The van der Waals surface area contributed by atoms with Crippen LogP contribution in [-0.4, -0.2) is 41.8 Å². The molecule has 2 heterocycles. The molecule has 1 aromatic heterocycles. The quantitative estimate of drug-likeness (QED) is 0.848. The van der Waals surface area contributed by atoms with Gasteiger partial charge in [-0.3, -0.25) is 9.88 Å². The van der Waals surface area contributed by atoms with Crippen molar-refractivity contribution in [2.45, 2.75) is 31.9 Å². The highest BCUT2D eigenvalue weighted by atomic mass is 16.5. The first kappa shape index (κ1) is 18.3. The molecule has 0 amide bonds. The largest absolute Gasteiger partial charge is 0.493 e. The van der Waals surface area contributed by atoms with Gasteiger partial charge in [0, 0.05) is 31.7 Å². The summed E-state index contributed by atoms with van der Waals surface area (Å²) in [6.07, 6.45) is 3.64. The molecule has 0 radical (unpaired) electrons. The molecule has 1 aliphatic heterocycles. The van der Waals surface area contributed by atoms with Crippen LogP contribution in [0.5, 0.6) is 11.5 Å². The summed E-state index contributed by atoms with van der Waals surface area (Å²) in [5, 5.41) is 11.4. The molecular formula is C22H28N2O3. The fraction of sp³-hybridized carbons (Fsp3) is 0.500. The monoisotopic (exact) mass is 368 g/mol. The summed E-state index contributed by atoms with van der Waals surface area (Å²) < 4.78 is 11.1. The second-order valence-corrected chi connectivity index (χ2v) is 7.66. The van der Waals surface area contributed by atoms with E-state index in [1.807, 2.05) is 31.2 Å². The number of hydrogen-bond donors (Lipinski definition) is 1. The highest BCUT2D eigenvalue weighted by Gasteiger charge is 2.52. The number of ether oxygens (including phenoxy) is 2. The summed E-state index contributed by atoms with van der Waals surface area (Å²) in [4.78, 5) is 6.90. The number of fused-ring (bicyclic) bond motifs is 1. The Morgan fingerprint density at radius 2 is 2.11 bits per heavy atom. The number of benzene rings is 1. The molecule has 0 spiro atoms. The van der Waals surface area contributed by atoms with Crippen molar-refractivity contribution in [3.05, 3.63) is 53.9 Å². The fourth-order valence-electron chi connectivity index (χ4n) is 4.80. The van der Waals surface area contributed by atoms with Gasteiger partial charge in [-0.25, -0.2) is 0 Å². The molecule has 0 unspecified atom stereocenters. The van der Waals surface area contributed by atoms with Crippen LogP contribution in [0, 0.1) is 11.8 Å². The van der Waals surface area contributed by atoms with E-state index >= 15 is 0 Å². The van der Waals surface area contributed by atoms with E-state index < -0.39 is 5.60 Å². The van der Waals surface area contributed by atoms with Crippen molar-refractivity contribution in [1.82, 2.24) is 9.88 Å². The molecule has 2 aliphatic rings. The summed E-state index contributed by atoms with van der Waals surface area (Å²) in [7, 11) is 1.66. The maximum Gasteiger partial charge on any atom is 0.161 e. The van der Waals surface area contributed by atoms with Crippen LogP contribution in [-0.2, 0) is 12.1 Å². The maximum atomic E-state index is 11.4. The molecule has 1 saturated heterocycles. The lowest BCUT2D eigenvalue weighted by molar-refractivity contribution is -0.0108. The van der Waals surface area contributed by atoms with Crippen molar-refractivity contribution in [3.8, 4) is 11.5 Å². The molecular weight excluding hydrogens is 340 g/mol. The first-order valence-electron chi connectivity index (χ1n) is 9.80. The zero-order chi connectivity index (χ0) is 18.9. The Balaban J connectivity index is 1.48. The normalized spacial score (nSPS) is 27.5. The molecule has 1 saturated carbocycles. The molecule has 4 rings (SSSR count). The number of rotatable bonds is 6. The van der Waals surface area contributed by atoms with Gasteiger partial charge in [0.15, 0.2) is 11.5 Å². The third-order valence-corrected chi connectivity index (χ3v) is 6.07. The van der Waals surface area contributed by atoms with Gasteiger partial charge in [-0.1, -0.05) is 12.1 Å². The van der Waals surface area contributed by atoms with Crippen LogP contribution in [0.4, 0.5) is 0 Å². The van der Waals surface area contributed by atoms with Crippen molar-refractivity contribution in [2.75, 3.05) is 26.8 Å². The number of methoxy groups -OCH3 is 1. The van der Waals surface area contributed by atoms with Crippen LogP contribution in [0.3, 0.4) is 0 Å². The predicted molar refractivity (Wildman–Crippen MR) is 104 cm³/mol. The van der Waals surface area contributed by atoms with E-state index in [4.69, 9.17) is 9.47 Å². The van der Waals surface area contributed by atoms with Crippen LogP contribution in [0.1, 0.15) is 31.0 Å². The predicted octanol–water partition coefficient (Wildman–Crippen LogP) is 3.22. The molecule has 2 aromatic rings. The van der Waals surface area contributed by atoms with Crippen molar-refractivity contribution in [2.24, 2.45) is 11.8 Å². The number of likely N-dealkylation sites (tertiary alicyclic amines) is 1. The molecule has 5 nitrogen and oxygen atoms in total. The van der Waals surface area contributed by atoms with Gasteiger partial charge in [-0.05, 0) is 55.5 Å². The lowest BCUT2D eigenvalue weighted by atomic mass is 9.85. The van der Waals surface area contributed by atoms with E-state index in [0.717, 1.165) is 49.7 Å². The SMILES string of the molecule is CCOc1cc(CN2C[C@@H]3CC[C@@](O)(c4ccccn4)[C@@H]3C2)ccc1OC. The van der Waals surface area contributed by atoms with E-state index in [1.54, 1.807) is 13.3 Å². The van der Waals surface area contributed by atoms with Crippen LogP contribution < -0.4 is 9.47 Å². The Hall–Kier alpha value is -2.11. The molecule has 2 fully saturated rings. The fourth-order valence-corrected chi connectivity index (χ4v) is 4.80. The molecule has 3 atom stereocenters. The topological polar surface area (TPSA) is 54.8 Å². The van der Waals surface area contributed by atoms with Crippen LogP contribution >= 0.6 is 0 Å². The van der Waals surface area contributed by atoms with Crippen molar-refractivity contribution in [1.29, 1.82) is 0 Å². The van der Waals surface area contributed by atoms with Crippen LogP contribution in [0.2, 0.25) is 0 Å². The summed E-state index contributed by atoms with van der Waals surface area (Å²) in [5.41, 5.74) is 1.24. The number of nitrogens with zero attached hydrogens (tertiary/aromatic N) is 2. The third kappa shape index (κ3) is 3.42. The maximum absolute atomic E-state index is 11.4. The second-order valence-electron chi connectivity index (χ2n) is 7.66. The third-order valence-electron chi connectivity index (χ3n) is 6.07. The number of pyridine rings is 1. The number of aromatic nitrogens is 1. The van der Waals surface area contributed by atoms with E-state index in [0.29, 0.717) is 12.5 Å². The van der Waals surface area contributed by atoms with Gasteiger partial charge in [0.25, 0.3) is 0 Å². The first-order chi connectivity index (χ1) is 13.1. The molecule has 1 aromatic carbocycles. The summed E-state index contributed by atoms with van der Waals surface area (Å²) in [6.45, 7) is 5.37. The smallest absolute Gasteiger partial charge is 0.161 e. The highest BCUT2D eigenvalue weighted by molar-refractivity contribution is 5.43. The van der Waals surface area contributed by atoms with Crippen LogP contribution in [0.15, 0.2) is 42.6 Å². The Labute approximate surface area is 160 Å². The molecule has 5 heteroatoms. The lowest BCUT2D eigenvalue weighted by Gasteiger charge is -2.29. The van der Waals surface area contributed by atoms with E-state index in [2.05, 4.69) is 22.0 Å². The minimum atomic E-state index is -0.795. The van der Waals surface area contributed by atoms with E-state index in [9.17, 15) is 5.11 Å². The van der Waals surface area contributed by atoms with Gasteiger partial charge >= 0.3 is 0 Å². The Morgan fingerprint density at radius 1 is 1.22 bits per heavy atom. The van der Waals surface area contributed by atoms with Gasteiger partial charge in [-0.2, -0.15) is 0 Å². The van der Waals surface area contributed by atoms with Gasteiger partial charge in [-0.15, -0.1) is 0 Å². The van der Waals surface area contributed by atoms with Crippen molar-refractivity contribution < 1.29 is 14.6 Å². The average Bonchev–Trinajstić information content (AvgIpc) is 3.23. The summed E-state index contributed by atoms with van der Waals surface area (Å²) >= 11 is 0. The summed E-state index contributed by atoms with van der Waals surface area (Å²) in [5.74, 6) is 2.34. The molecule has 1 N–H and O–H groups in total. The Bertz CT molecular complexity index is 782. The summed E-state index contributed by atoms with van der Waals surface area (Å²) in [6, 6.07) is 12.0. The minimum absolute atomic E-state index is 0.247. The van der Waals surface area contributed by atoms with E-state index in [-0.39, 0.29) is 5.92 Å². The lowest BCUT2D eigenvalue weighted by Crippen LogP contribution is -2.35. The standard InChI is InChI=1S/C22H28N2O3/c1-3-27-20-12-16(7-8-19(20)26-2)13-24-14-17-9-10-22(25,18(17)15-24)21-6-4-5-11-23-21/h4-8,11-12,17-18,25H,3,9-10,13-15H2,1-2H3/t17-,18+,22-/m0/s1. The van der Waals surface area contributed by atoms with Crippen LogP contribution in [0.25, 0.3) is 0 Å². The molecule has 1 aliphatic carbocycles. The highest BCUT2D eigenvalue weighted by Crippen LogP contribution is 2.50. The first-order valence-corrected chi connectivity index (χ1v) is 9.80. The minimum Gasteiger partial charge on any atom is -0.493 e. The average molecular weight is 368 g/mol. The van der Waals surface area contributed by atoms with Gasteiger partial charge < -0.3 is 14.6 Å². The number of aliphatic hydroxyl groups is 1. The Morgan fingerprint density at radius 3 is 2.85 bits per heavy atom. The second kappa shape index (κ2) is 7.49. The van der Waals surface area contributed by atoms with Crippen molar-refractivity contribution >= 4 is 0 Å². The van der Waals surface area contributed by atoms with Crippen molar-refractivity contribution in [3.63, 3.8) is 0 Å². The number of hydrogen-bond acceptors (Lipinski definition) is 5. The van der Waals surface area contributed by atoms with Gasteiger partial charge in [0.2, 0.25) is 0 Å². The van der Waals surface area contributed by atoms with Gasteiger partial charge in [0.05, 0.1) is 19.4 Å². The molecule has 27 heavy (non-hydrogen) atoms. The zero-order valence-electron chi connectivity index (χ0n) is 16.1. The van der Waals surface area contributed by atoms with Gasteiger partial charge in [0.1, 0.15) is 5.60 Å². The molecule has 0 bridgehead atoms. The van der Waals surface area contributed by atoms with E-state index in [1.165, 1.54) is 5.56 Å².